The Kier molecular flexibility index (Phi) is 7.02. The van der Waals surface area contributed by atoms with Crippen LogP contribution in [0.2, 0.25) is 0 Å². The van der Waals surface area contributed by atoms with Gasteiger partial charge in [-0.05, 0) is 68.0 Å². The molecule has 0 radical (unpaired) electrons. The van der Waals surface area contributed by atoms with Gasteiger partial charge in [0.1, 0.15) is 17.2 Å². The van der Waals surface area contributed by atoms with E-state index < -0.39 is 11.2 Å². The summed E-state index contributed by atoms with van der Waals surface area (Å²) >= 11 is -1.30. The average molecular weight is 405 g/mol. The summed E-state index contributed by atoms with van der Waals surface area (Å²) < 4.78 is 23.7. The fourth-order valence-electron chi connectivity index (χ4n) is 3.24. The maximum absolute atomic E-state index is 12.5. The second kappa shape index (κ2) is 9.47. The third-order valence-electron chi connectivity index (χ3n) is 5.02. The van der Waals surface area contributed by atoms with Crippen molar-refractivity contribution in [2.75, 3.05) is 25.4 Å². The molecule has 2 heterocycles. The smallest absolute Gasteiger partial charge is 0.272 e. The predicted octanol–water partition coefficient (Wildman–Crippen LogP) is 3.56. The fraction of sp³-hybridized carbons (Fsp3) is 0.524. The zero-order valence-corrected chi connectivity index (χ0v) is 17.6. The van der Waals surface area contributed by atoms with Gasteiger partial charge in [-0.1, -0.05) is 6.92 Å². The number of likely N-dealkylation sites (tertiary alicyclic amines) is 1. The van der Waals surface area contributed by atoms with Crippen molar-refractivity contribution < 1.29 is 18.5 Å². The number of aromatic nitrogens is 1. The molecule has 1 unspecified atom stereocenters. The number of amides is 1. The highest BCUT2D eigenvalue weighted by atomic mass is 32.2. The van der Waals surface area contributed by atoms with Crippen LogP contribution in [0, 0.1) is 12.8 Å². The first kappa shape index (κ1) is 20.7. The van der Waals surface area contributed by atoms with Gasteiger partial charge in [0.15, 0.2) is 11.5 Å². The summed E-state index contributed by atoms with van der Waals surface area (Å²) in [6.45, 7) is 8.10. The molecule has 1 aromatic carbocycles. The van der Waals surface area contributed by atoms with Crippen LogP contribution in [-0.4, -0.2) is 45.8 Å². The van der Waals surface area contributed by atoms with Crippen LogP contribution in [0.15, 0.2) is 28.7 Å². The van der Waals surface area contributed by atoms with Crippen LogP contribution in [0.4, 0.5) is 0 Å². The monoisotopic (exact) mass is 404 g/mol. The van der Waals surface area contributed by atoms with E-state index >= 15 is 0 Å². The van der Waals surface area contributed by atoms with Gasteiger partial charge in [-0.3, -0.25) is 4.79 Å². The molecule has 0 bridgehead atoms. The summed E-state index contributed by atoms with van der Waals surface area (Å²) in [5.41, 5.74) is 1.48. The summed E-state index contributed by atoms with van der Waals surface area (Å²) in [6.07, 6.45) is 2.04. The van der Waals surface area contributed by atoms with Crippen LogP contribution in [0.1, 0.15) is 38.1 Å². The van der Waals surface area contributed by atoms with E-state index in [0.29, 0.717) is 29.9 Å². The Morgan fingerprint density at radius 2 is 2.00 bits per heavy atom. The zero-order valence-electron chi connectivity index (χ0n) is 16.8. The summed E-state index contributed by atoms with van der Waals surface area (Å²) in [4.78, 5) is 18.7. The van der Waals surface area contributed by atoms with Crippen LogP contribution in [-0.2, 0) is 21.7 Å². The van der Waals surface area contributed by atoms with Crippen molar-refractivity contribution in [2.24, 2.45) is 5.92 Å². The molecule has 0 N–H and O–H groups in total. The lowest BCUT2D eigenvalue weighted by Gasteiger charge is -2.30. The third kappa shape index (κ3) is 5.29. The highest BCUT2D eigenvalue weighted by Crippen LogP contribution is 2.25. The van der Waals surface area contributed by atoms with Gasteiger partial charge < -0.3 is 18.6 Å². The first-order valence-electron chi connectivity index (χ1n) is 9.78. The standard InChI is InChI=1S/C21H28N2O4S/c1-4-26-18-7-5-17(6-8-18)21-22-19(16(3)27-21)13-28(25)14-20(24)23-11-9-15(2)10-12-23/h5-8,15H,4,9-14H2,1-3H3. The minimum atomic E-state index is -1.30. The molecule has 0 saturated carbocycles. The van der Waals surface area contributed by atoms with Crippen molar-refractivity contribution in [3.05, 3.63) is 35.7 Å². The molecular weight excluding hydrogens is 376 g/mol. The van der Waals surface area contributed by atoms with E-state index in [4.69, 9.17) is 9.15 Å². The van der Waals surface area contributed by atoms with E-state index in [-0.39, 0.29) is 17.4 Å². The molecule has 1 atom stereocenters. The number of nitrogens with zero attached hydrogens (tertiary/aromatic N) is 2. The minimum absolute atomic E-state index is 0.0295. The van der Waals surface area contributed by atoms with Gasteiger partial charge in [0.05, 0.1) is 6.61 Å². The molecule has 2 aromatic rings. The number of benzene rings is 1. The van der Waals surface area contributed by atoms with Gasteiger partial charge in [0, 0.05) is 18.7 Å². The number of hydrogen-bond acceptors (Lipinski definition) is 5. The Labute approximate surface area is 169 Å². The third-order valence-corrected chi connectivity index (χ3v) is 6.19. The van der Waals surface area contributed by atoms with Gasteiger partial charge >= 0.3 is 0 Å². The number of aryl methyl sites for hydroxylation is 1. The SMILES string of the molecule is CCOc1ccc(-c2nc(C[S+]([O-])CC(=O)N3CCC(C)CC3)c(C)o2)cc1. The molecule has 1 aliphatic heterocycles. The maximum Gasteiger partial charge on any atom is 0.272 e. The summed E-state index contributed by atoms with van der Waals surface area (Å²) in [5.74, 6) is 2.81. The number of oxazole rings is 1. The lowest BCUT2D eigenvalue weighted by atomic mass is 9.99. The van der Waals surface area contributed by atoms with Crippen LogP contribution in [0.5, 0.6) is 5.75 Å². The molecule has 152 valence electrons. The van der Waals surface area contributed by atoms with Crippen LogP contribution in [0.25, 0.3) is 11.5 Å². The Morgan fingerprint density at radius 3 is 2.64 bits per heavy atom. The van der Waals surface area contributed by atoms with Gasteiger partial charge in [0.2, 0.25) is 5.89 Å². The minimum Gasteiger partial charge on any atom is -0.616 e. The largest absolute Gasteiger partial charge is 0.616 e. The van der Waals surface area contributed by atoms with Crippen LogP contribution in [0.3, 0.4) is 0 Å². The Bertz CT molecular complexity index is 782. The van der Waals surface area contributed by atoms with Gasteiger partial charge in [-0.2, -0.15) is 0 Å². The van der Waals surface area contributed by atoms with E-state index in [1.807, 2.05) is 43.0 Å². The lowest BCUT2D eigenvalue weighted by molar-refractivity contribution is -0.129. The quantitative estimate of drug-likeness (QED) is 0.660. The number of ether oxygens (including phenoxy) is 1. The summed E-state index contributed by atoms with van der Waals surface area (Å²) in [7, 11) is 0. The summed E-state index contributed by atoms with van der Waals surface area (Å²) in [6, 6.07) is 7.51. The molecule has 6 nitrogen and oxygen atoms in total. The Hall–Kier alpha value is -1.99. The van der Waals surface area contributed by atoms with E-state index in [0.717, 1.165) is 37.2 Å². The Morgan fingerprint density at radius 1 is 1.32 bits per heavy atom. The second-order valence-corrected chi connectivity index (χ2v) is 8.73. The van der Waals surface area contributed by atoms with Gasteiger partial charge in [-0.25, -0.2) is 4.98 Å². The average Bonchev–Trinajstić information content (AvgIpc) is 3.03. The van der Waals surface area contributed by atoms with Crippen molar-refractivity contribution >= 4 is 17.1 Å². The van der Waals surface area contributed by atoms with Crippen molar-refractivity contribution in [3.63, 3.8) is 0 Å². The molecular formula is C21H28N2O4S. The van der Waals surface area contributed by atoms with E-state index in [9.17, 15) is 9.35 Å². The second-order valence-electron chi connectivity index (χ2n) is 7.27. The highest BCUT2D eigenvalue weighted by Gasteiger charge is 2.25. The van der Waals surface area contributed by atoms with E-state index in [1.54, 1.807) is 0 Å². The first-order valence-corrected chi connectivity index (χ1v) is 11.3. The highest BCUT2D eigenvalue weighted by molar-refractivity contribution is 7.91. The van der Waals surface area contributed by atoms with E-state index in [1.165, 1.54) is 0 Å². The van der Waals surface area contributed by atoms with Gasteiger partial charge in [-0.15, -0.1) is 0 Å². The molecule has 1 saturated heterocycles. The molecule has 7 heteroatoms. The number of hydrogen-bond donors (Lipinski definition) is 0. The van der Waals surface area contributed by atoms with Crippen LogP contribution < -0.4 is 4.74 Å². The number of piperidine rings is 1. The van der Waals surface area contributed by atoms with Crippen molar-refractivity contribution in [1.82, 2.24) is 9.88 Å². The molecule has 1 amide bonds. The maximum atomic E-state index is 12.5. The molecule has 0 aliphatic carbocycles. The van der Waals surface area contributed by atoms with E-state index in [2.05, 4.69) is 11.9 Å². The predicted molar refractivity (Wildman–Crippen MR) is 110 cm³/mol. The zero-order chi connectivity index (χ0) is 20.1. The lowest BCUT2D eigenvalue weighted by Crippen LogP contribution is -2.41. The topological polar surface area (TPSA) is 78.6 Å². The molecule has 1 aliphatic rings. The summed E-state index contributed by atoms with van der Waals surface area (Å²) in [5, 5.41) is 0. The van der Waals surface area contributed by atoms with Crippen molar-refractivity contribution in [1.29, 1.82) is 0 Å². The molecule has 1 aromatic heterocycles. The van der Waals surface area contributed by atoms with Crippen molar-refractivity contribution in [2.45, 2.75) is 39.4 Å². The van der Waals surface area contributed by atoms with Gasteiger partial charge in [0.25, 0.3) is 5.91 Å². The number of rotatable bonds is 7. The fourth-order valence-corrected chi connectivity index (χ4v) is 4.37. The number of carbonyl (C=O) groups excluding carboxylic acids is 1. The van der Waals surface area contributed by atoms with Crippen molar-refractivity contribution in [3.8, 4) is 17.2 Å². The first-order chi connectivity index (χ1) is 13.5. The molecule has 1 fully saturated rings. The molecule has 3 rings (SSSR count). The Balaban J connectivity index is 1.59. The van der Waals surface area contributed by atoms with Crippen LogP contribution >= 0.6 is 0 Å². The number of carbonyl (C=O) groups is 1. The molecule has 28 heavy (non-hydrogen) atoms. The molecule has 0 spiro atoms. The normalized spacial score (nSPS) is 16.2.